The molecule has 66 valence electrons. The molecular formula is C7H6F3NO. The maximum absolute atomic E-state index is 12.6. The topological polar surface area (TPSA) is 33.1 Å². The monoisotopic (exact) mass is 177 g/mol. The number of aliphatic hydroxyl groups is 1. The second kappa shape index (κ2) is 3.10. The minimum Gasteiger partial charge on any atom is -0.336 e. The van der Waals surface area contributed by atoms with Gasteiger partial charge in [0.25, 0.3) is 0 Å². The Kier molecular flexibility index (Phi) is 2.32. The SMILES string of the molecule is OC(F)(F)Cc1ncccc1F. The summed E-state index contributed by atoms with van der Waals surface area (Å²) in [6, 6.07) is 2.29. The minimum absolute atomic E-state index is 0.440. The second-order valence-corrected chi connectivity index (χ2v) is 2.27. The van der Waals surface area contributed by atoms with Crippen molar-refractivity contribution >= 4 is 0 Å². The Morgan fingerprint density at radius 1 is 1.50 bits per heavy atom. The van der Waals surface area contributed by atoms with Gasteiger partial charge in [-0.05, 0) is 12.1 Å². The molecule has 1 heterocycles. The Balaban J connectivity index is 2.83. The molecule has 1 aromatic heterocycles. The van der Waals surface area contributed by atoms with Crippen LogP contribution in [0.4, 0.5) is 13.2 Å². The van der Waals surface area contributed by atoms with Crippen LogP contribution in [0.1, 0.15) is 5.69 Å². The van der Waals surface area contributed by atoms with Crippen molar-refractivity contribution in [1.29, 1.82) is 0 Å². The van der Waals surface area contributed by atoms with Gasteiger partial charge in [0.1, 0.15) is 5.82 Å². The molecule has 0 saturated heterocycles. The van der Waals surface area contributed by atoms with Gasteiger partial charge < -0.3 is 5.11 Å². The third-order valence-corrected chi connectivity index (χ3v) is 1.21. The molecule has 12 heavy (non-hydrogen) atoms. The highest BCUT2D eigenvalue weighted by Crippen LogP contribution is 2.16. The highest BCUT2D eigenvalue weighted by atomic mass is 19.3. The summed E-state index contributed by atoms with van der Waals surface area (Å²) in [4.78, 5) is 3.35. The number of alkyl halides is 2. The van der Waals surface area contributed by atoms with Crippen LogP contribution in [-0.2, 0) is 6.42 Å². The quantitative estimate of drug-likeness (QED) is 0.739. The predicted molar refractivity (Wildman–Crippen MR) is 35.1 cm³/mol. The van der Waals surface area contributed by atoms with Crippen LogP contribution in [0, 0.1) is 5.82 Å². The predicted octanol–water partition coefficient (Wildman–Crippen LogP) is 1.35. The molecule has 1 aromatic rings. The number of aromatic nitrogens is 1. The zero-order valence-electron chi connectivity index (χ0n) is 5.97. The fraction of sp³-hybridized carbons (Fsp3) is 0.286. The van der Waals surface area contributed by atoms with Crippen LogP contribution in [0.25, 0.3) is 0 Å². The Bertz CT molecular complexity index is 272. The Morgan fingerprint density at radius 3 is 2.67 bits per heavy atom. The van der Waals surface area contributed by atoms with Crippen molar-refractivity contribution in [3.05, 3.63) is 29.8 Å². The molecule has 5 heteroatoms. The Morgan fingerprint density at radius 2 is 2.17 bits per heavy atom. The Hall–Kier alpha value is -1.10. The zero-order valence-corrected chi connectivity index (χ0v) is 5.97. The summed E-state index contributed by atoms with van der Waals surface area (Å²) in [5.41, 5.74) is -0.440. The minimum atomic E-state index is -3.91. The first-order chi connectivity index (χ1) is 5.49. The first-order valence-electron chi connectivity index (χ1n) is 3.18. The third kappa shape index (κ3) is 2.50. The molecule has 0 radical (unpaired) electrons. The molecule has 0 aliphatic rings. The number of nitrogens with zero attached hydrogens (tertiary/aromatic N) is 1. The highest BCUT2D eigenvalue weighted by molar-refractivity contribution is 5.07. The molecule has 0 unspecified atom stereocenters. The summed E-state index contributed by atoms with van der Waals surface area (Å²) >= 11 is 0. The van der Waals surface area contributed by atoms with Crippen molar-refractivity contribution in [3.63, 3.8) is 0 Å². The molecule has 0 aliphatic heterocycles. The van der Waals surface area contributed by atoms with Gasteiger partial charge in [-0.25, -0.2) is 4.39 Å². The normalized spacial score (nSPS) is 11.7. The van der Waals surface area contributed by atoms with E-state index in [-0.39, 0.29) is 0 Å². The summed E-state index contributed by atoms with van der Waals surface area (Å²) in [5, 5.41) is 8.06. The molecule has 0 saturated carbocycles. The molecule has 1 N–H and O–H groups in total. The summed E-state index contributed by atoms with van der Waals surface area (Å²) in [6.07, 6.45) is -3.82. The van der Waals surface area contributed by atoms with Crippen LogP contribution >= 0.6 is 0 Å². The second-order valence-electron chi connectivity index (χ2n) is 2.27. The maximum Gasteiger partial charge on any atom is 0.359 e. The van der Waals surface area contributed by atoms with Gasteiger partial charge in [-0.15, -0.1) is 0 Å². The van der Waals surface area contributed by atoms with Gasteiger partial charge in [0.15, 0.2) is 0 Å². The number of rotatable bonds is 2. The van der Waals surface area contributed by atoms with E-state index in [0.29, 0.717) is 0 Å². The van der Waals surface area contributed by atoms with E-state index in [4.69, 9.17) is 5.11 Å². The first-order valence-corrected chi connectivity index (χ1v) is 3.18. The molecule has 2 nitrogen and oxygen atoms in total. The Labute approximate surface area is 66.7 Å². The van der Waals surface area contributed by atoms with Crippen molar-refractivity contribution in [2.45, 2.75) is 12.5 Å². The fourth-order valence-corrected chi connectivity index (χ4v) is 0.750. The number of hydrogen-bond acceptors (Lipinski definition) is 2. The van der Waals surface area contributed by atoms with Gasteiger partial charge in [0.05, 0.1) is 12.1 Å². The number of pyridine rings is 1. The van der Waals surface area contributed by atoms with Crippen LogP contribution in [0.3, 0.4) is 0 Å². The van der Waals surface area contributed by atoms with E-state index in [1.165, 1.54) is 12.3 Å². The van der Waals surface area contributed by atoms with E-state index < -0.39 is 24.0 Å². The summed E-state index contributed by atoms with van der Waals surface area (Å²) < 4.78 is 36.5. The lowest BCUT2D eigenvalue weighted by Crippen LogP contribution is -2.19. The van der Waals surface area contributed by atoms with Gasteiger partial charge in [-0.3, -0.25) is 4.98 Å². The molecule has 0 amide bonds. The van der Waals surface area contributed by atoms with Crippen molar-refractivity contribution < 1.29 is 18.3 Å². The molecule has 0 fully saturated rings. The van der Waals surface area contributed by atoms with Gasteiger partial charge in [-0.1, -0.05) is 0 Å². The van der Waals surface area contributed by atoms with Crippen molar-refractivity contribution in [2.24, 2.45) is 0 Å². The van der Waals surface area contributed by atoms with Crippen LogP contribution < -0.4 is 0 Å². The number of halogens is 3. The lowest BCUT2D eigenvalue weighted by Gasteiger charge is -2.07. The first kappa shape index (κ1) is 8.99. The average Bonchev–Trinajstić information content (AvgIpc) is 1.91. The molecule has 0 atom stereocenters. The molecule has 0 bridgehead atoms. The largest absolute Gasteiger partial charge is 0.359 e. The lowest BCUT2D eigenvalue weighted by atomic mass is 10.2. The third-order valence-electron chi connectivity index (χ3n) is 1.21. The molecule has 0 aromatic carbocycles. The molecule has 0 spiro atoms. The molecular weight excluding hydrogens is 171 g/mol. The van der Waals surface area contributed by atoms with E-state index in [9.17, 15) is 13.2 Å². The van der Waals surface area contributed by atoms with E-state index >= 15 is 0 Å². The van der Waals surface area contributed by atoms with E-state index in [2.05, 4.69) is 4.98 Å². The maximum atomic E-state index is 12.6. The van der Waals surface area contributed by atoms with Crippen LogP contribution in [-0.4, -0.2) is 16.2 Å². The summed E-state index contributed by atoms with van der Waals surface area (Å²) in [6.45, 7) is 0. The average molecular weight is 177 g/mol. The fourth-order valence-electron chi connectivity index (χ4n) is 0.750. The lowest BCUT2D eigenvalue weighted by molar-refractivity contribution is -0.197. The van der Waals surface area contributed by atoms with Crippen LogP contribution in [0.2, 0.25) is 0 Å². The zero-order chi connectivity index (χ0) is 9.19. The van der Waals surface area contributed by atoms with Crippen LogP contribution in [0.5, 0.6) is 0 Å². The van der Waals surface area contributed by atoms with E-state index in [1.54, 1.807) is 0 Å². The van der Waals surface area contributed by atoms with E-state index in [1.807, 2.05) is 0 Å². The van der Waals surface area contributed by atoms with E-state index in [0.717, 1.165) is 6.07 Å². The summed E-state index contributed by atoms with van der Waals surface area (Å²) in [7, 11) is 0. The van der Waals surface area contributed by atoms with Crippen LogP contribution in [0.15, 0.2) is 18.3 Å². The smallest absolute Gasteiger partial charge is 0.336 e. The van der Waals surface area contributed by atoms with Gasteiger partial charge in [0, 0.05) is 6.20 Å². The standard InChI is InChI=1S/C7H6F3NO/c8-5-2-1-3-11-6(5)4-7(9,10)12/h1-3,12H,4H2. The molecule has 1 rings (SSSR count). The van der Waals surface area contributed by atoms with Gasteiger partial charge in [0.2, 0.25) is 0 Å². The highest BCUT2D eigenvalue weighted by Gasteiger charge is 2.26. The molecule has 0 aliphatic carbocycles. The van der Waals surface area contributed by atoms with Gasteiger partial charge >= 0.3 is 6.11 Å². The van der Waals surface area contributed by atoms with Gasteiger partial charge in [-0.2, -0.15) is 8.78 Å². The number of hydrogen-bond donors (Lipinski definition) is 1. The van der Waals surface area contributed by atoms with Crippen molar-refractivity contribution in [1.82, 2.24) is 4.98 Å². The van der Waals surface area contributed by atoms with Crippen molar-refractivity contribution in [3.8, 4) is 0 Å². The summed E-state index contributed by atoms with van der Waals surface area (Å²) in [5.74, 6) is -0.841. The van der Waals surface area contributed by atoms with Crippen molar-refractivity contribution in [2.75, 3.05) is 0 Å².